The van der Waals surface area contributed by atoms with E-state index in [-0.39, 0.29) is 23.5 Å². The third-order valence-corrected chi connectivity index (χ3v) is 6.82. The monoisotopic (exact) mass is 443 g/mol. The van der Waals surface area contributed by atoms with E-state index in [4.69, 9.17) is 11.6 Å². The molecule has 0 saturated heterocycles. The number of carbonyl (C=O) groups is 2. The molecule has 2 N–H and O–H groups in total. The van der Waals surface area contributed by atoms with Gasteiger partial charge in [-0.1, -0.05) is 54.8 Å². The number of amides is 1. The molecule has 0 radical (unpaired) electrons. The number of ketones is 1. The van der Waals surface area contributed by atoms with Crippen molar-refractivity contribution in [1.82, 2.24) is 10.6 Å². The molecule has 1 aliphatic carbocycles. The Bertz CT molecular complexity index is 925. The minimum Gasteiger partial charge on any atom is -0.353 e. The minimum atomic E-state index is -0.477. The Morgan fingerprint density at radius 1 is 1.23 bits per heavy atom. The van der Waals surface area contributed by atoms with Crippen molar-refractivity contribution in [2.24, 2.45) is 0 Å². The van der Waals surface area contributed by atoms with Crippen molar-refractivity contribution in [3.63, 3.8) is 0 Å². The summed E-state index contributed by atoms with van der Waals surface area (Å²) in [6, 6.07) is 9.71. The fourth-order valence-electron chi connectivity index (χ4n) is 4.14. The number of benzene rings is 1. The van der Waals surface area contributed by atoms with Crippen molar-refractivity contribution in [2.75, 3.05) is 5.75 Å². The summed E-state index contributed by atoms with van der Waals surface area (Å²) in [4.78, 5) is 24.8. The van der Waals surface area contributed by atoms with Gasteiger partial charge < -0.3 is 10.6 Å². The van der Waals surface area contributed by atoms with Gasteiger partial charge in [-0.05, 0) is 44.4 Å². The average Bonchev–Trinajstić information content (AvgIpc) is 2.72. The summed E-state index contributed by atoms with van der Waals surface area (Å²) >= 11 is 7.33. The van der Waals surface area contributed by atoms with E-state index in [2.05, 4.69) is 16.7 Å². The van der Waals surface area contributed by atoms with Gasteiger partial charge >= 0.3 is 0 Å². The van der Waals surface area contributed by atoms with E-state index in [9.17, 15) is 14.9 Å². The molecule has 0 spiro atoms. The van der Waals surface area contributed by atoms with Crippen LogP contribution in [0.3, 0.4) is 0 Å². The second-order valence-corrected chi connectivity index (χ2v) is 9.17. The maximum Gasteiger partial charge on any atom is 0.230 e. The van der Waals surface area contributed by atoms with Crippen LogP contribution in [0, 0.1) is 11.3 Å². The number of dihydropyridines is 1. The molecule has 5 nitrogen and oxygen atoms in total. The molecule has 158 valence electrons. The van der Waals surface area contributed by atoms with E-state index in [1.165, 1.54) is 25.1 Å². The highest BCUT2D eigenvalue weighted by atomic mass is 35.5. The smallest absolute Gasteiger partial charge is 0.230 e. The lowest BCUT2D eigenvalue weighted by molar-refractivity contribution is -0.119. The topological polar surface area (TPSA) is 82.0 Å². The molecule has 1 heterocycles. The highest BCUT2D eigenvalue weighted by Gasteiger charge is 2.33. The molecule has 1 amide bonds. The van der Waals surface area contributed by atoms with E-state index < -0.39 is 5.92 Å². The second kappa shape index (κ2) is 10.2. The van der Waals surface area contributed by atoms with Gasteiger partial charge in [0.1, 0.15) is 0 Å². The van der Waals surface area contributed by atoms with E-state index in [1.54, 1.807) is 12.1 Å². The van der Waals surface area contributed by atoms with Crippen LogP contribution in [-0.2, 0) is 9.59 Å². The van der Waals surface area contributed by atoms with Gasteiger partial charge in [0.05, 0.1) is 28.3 Å². The molecule has 1 saturated carbocycles. The first-order chi connectivity index (χ1) is 14.4. The summed E-state index contributed by atoms with van der Waals surface area (Å²) in [6.45, 7) is 3.34. The van der Waals surface area contributed by atoms with Crippen molar-refractivity contribution in [3.8, 4) is 6.07 Å². The van der Waals surface area contributed by atoms with Crippen LogP contribution >= 0.6 is 23.4 Å². The van der Waals surface area contributed by atoms with Crippen LogP contribution in [-0.4, -0.2) is 23.5 Å². The zero-order valence-electron chi connectivity index (χ0n) is 17.3. The lowest BCUT2D eigenvalue weighted by atomic mass is 9.81. The van der Waals surface area contributed by atoms with E-state index in [0.29, 0.717) is 26.9 Å². The minimum absolute atomic E-state index is 0.0273. The highest BCUT2D eigenvalue weighted by Crippen LogP contribution is 2.41. The van der Waals surface area contributed by atoms with Gasteiger partial charge in [0.25, 0.3) is 0 Å². The van der Waals surface area contributed by atoms with Crippen molar-refractivity contribution in [3.05, 3.63) is 56.7 Å². The van der Waals surface area contributed by atoms with Crippen LogP contribution in [0.15, 0.2) is 46.1 Å². The summed E-state index contributed by atoms with van der Waals surface area (Å²) in [5.41, 5.74) is 2.54. The molecule has 1 aromatic rings. The van der Waals surface area contributed by atoms with E-state index >= 15 is 0 Å². The van der Waals surface area contributed by atoms with Crippen molar-refractivity contribution in [2.45, 2.75) is 57.9 Å². The van der Waals surface area contributed by atoms with Crippen LogP contribution in [0.4, 0.5) is 0 Å². The van der Waals surface area contributed by atoms with Crippen LogP contribution < -0.4 is 10.6 Å². The summed E-state index contributed by atoms with van der Waals surface area (Å²) < 4.78 is 0. The molecule has 1 unspecified atom stereocenters. The Morgan fingerprint density at radius 2 is 1.90 bits per heavy atom. The Labute approximate surface area is 186 Å². The van der Waals surface area contributed by atoms with Crippen LogP contribution in [0.2, 0.25) is 5.02 Å². The Hall–Kier alpha value is -2.23. The molecule has 1 aromatic carbocycles. The maximum absolute atomic E-state index is 12.4. The summed E-state index contributed by atoms with van der Waals surface area (Å²) in [7, 11) is 0. The quantitative estimate of drug-likeness (QED) is 0.659. The lowest BCUT2D eigenvalue weighted by Crippen LogP contribution is -2.37. The third-order valence-electron chi connectivity index (χ3n) is 5.55. The first-order valence-corrected chi connectivity index (χ1v) is 11.6. The molecular formula is C23H26ClN3O2S. The number of hydrogen-bond acceptors (Lipinski definition) is 5. The summed E-state index contributed by atoms with van der Waals surface area (Å²) in [6.07, 6.45) is 5.61. The molecular weight excluding hydrogens is 418 g/mol. The largest absolute Gasteiger partial charge is 0.353 e. The molecule has 3 rings (SSSR count). The summed E-state index contributed by atoms with van der Waals surface area (Å²) in [5.74, 6) is -0.373. The van der Waals surface area contributed by atoms with Crippen LogP contribution in [0.1, 0.15) is 57.4 Å². The predicted molar refractivity (Wildman–Crippen MR) is 121 cm³/mol. The molecule has 1 atom stereocenters. The number of carbonyl (C=O) groups excluding carboxylic acids is 2. The molecule has 30 heavy (non-hydrogen) atoms. The third kappa shape index (κ3) is 5.27. The maximum atomic E-state index is 12.4. The van der Waals surface area contributed by atoms with Crippen molar-refractivity contribution < 1.29 is 9.59 Å². The zero-order chi connectivity index (χ0) is 21.7. The van der Waals surface area contributed by atoms with Gasteiger partial charge in [-0.15, -0.1) is 0 Å². The summed E-state index contributed by atoms with van der Waals surface area (Å²) in [5, 5.41) is 17.5. The molecule has 7 heteroatoms. The van der Waals surface area contributed by atoms with Gasteiger partial charge in [-0.25, -0.2) is 0 Å². The number of nitriles is 1. The number of nitrogens with one attached hydrogen (secondary N) is 2. The first-order valence-electron chi connectivity index (χ1n) is 10.2. The standard InChI is InChI=1S/C23H26ClN3O2S/c1-14-21(15(2)28)22(16-8-10-17(24)11-9-16)19(12-25)23(26-14)30-13-20(29)27-18-6-4-3-5-7-18/h8-11,18,22,26H,3-7,13H2,1-2H3,(H,27,29). The van der Waals surface area contributed by atoms with Gasteiger partial charge in [-0.2, -0.15) is 5.26 Å². The van der Waals surface area contributed by atoms with E-state index in [1.807, 2.05) is 19.1 Å². The molecule has 0 bridgehead atoms. The molecule has 2 aliphatic rings. The van der Waals surface area contributed by atoms with Crippen LogP contribution in [0.5, 0.6) is 0 Å². The fourth-order valence-corrected chi connectivity index (χ4v) is 5.16. The number of thioether (sulfide) groups is 1. The predicted octanol–water partition coefficient (Wildman–Crippen LogP) is 4.81. The van der Waals surface area contributed by atoms with E-state index in [0.717, 1.165) is 31.2 Å². The number of allylic oxidation sites excluding steroid dienone is 3. The van der Waals surface area contributed by atoms with Gasteiger partial charge in [0.15, 0.2) is 5.78 Å². The van der Waals surface area contributed by atoms with Crippen molar-refractivity contribution >= 4 is 35.1 Å². The van der Waals surface area contributed by atoms with Gasteiger partial charge in [0.2, 0.25) is 5.91 Å². The van der Waals surface area contributed by atoms with Crippen LogP contribution in [0.25, 0.3) is 0 Å². The van der Waals surface area contributed by atoms with Crippen molar-refractivity contribution in [1.29, 1.82) is 5.26 Å². The Kier molecular flexibility index (Phi) is 7.63. The number of Topliss-reactive ketones (excluding diaryl/α,β-unsaturated/α-hetero) is 1. The number of nitrogens with zero attached hydrogens (tertiary/aromatic N) is 1. The molecule has 0 aromatic heterocycles. The fraction of sp³-hybridized carbons (Fsp3) is 0.435. The van der Waals surface area contributed by atoms with Gasteiger partial charge in [-0.3, -0.25) is 9.59 Å². The highest BCUT2D eigenvalue weighted by molar-refractivity contribution is 8.03. The second-order valence-electron chi connectivity index (χ2n) is 7.75. The zero-order valence-corrected chi connectivity index (χ0v) is 18.8. The number of hydrogen-bond donors (Lipinski definition) is 2. The Morgan fingerprint density at radius 3 is 2.50 bits per heavy atom. The molecule has 1 aliphatic heterocycles. The normalized spacial score (nSPS) is 19.9. The molecule has 1 fully saturated rings. The number of halogens is 1. The first kappa shape index (κ1) is 22.5. The van der Waals surface area contributed by atoms with Gasteiger partial charge in [0, 0.05) is 22.3 Å². The Balaban J connectivity index is 1.82. The lowest BCUT2D eigenvalue weighted by Gasteiger charge is -2.29. The SMILES string of the molecule is CC(=O)C1=C(C)NC(SCC(=O)NC2CCCCC2)=C(C#N)C1c1ccc(Cl)cc1. The average molecular weight is 444 g/mol. The number of rotatable bonds is 6.